The summed E-state index contributed by atoms with van der Waals surface area (Å²) in [5.41, 5.74) is 0.402. The van der Waals surface area contributed by atoms with Crippen molar-refractivity contribution >= 4 is 0 Å². The quantitative estimate of drug-likeness (QED) is 0.724. The van der Waals surface area contributed by atoms with E-state index in [0.717, 1.165) is 36.5 Å². The molecule has 0 heterocycles. The van der Waals surface area contributed by atoms with Crippen LogP contribution in [0.15, 0.2) is 0 Å². The molecule has 0 aromatic heterocycles. The molecule has 0 aromatic rings. The van der Waals surface area contributed by atoms with Gasteiger partial charge in [0.15, 0.2) is 0 Å². The molecule has 4 fully saturated rings. The van der Waals surface area contributed by atoms with E-state index in [-0.39, 0.29) is 6.10 Å². The van der Waals surface area contributed by atoms with Crippen LogP contribution in [0, 0.1) is 40.4 Å². The standard InChI is InChI=1S/C22H38O2/c1-14(23)17-7-8-18-16-6-5-15-13-20(2,24)11-12-21(15,3)19(16)9-10-22(17,18)4/h14-19,23-24H,5-13H2,1-4H3/t14?,15-,16+,17-,18+,19+,20-,21+,22-/m1/s1. The van der Waals surface area contributed by atoms with E-state index in [0.29, 0.717) is 16.7 Å². The van der Waals surface area contributed by atoms with Gasteiger partial charge in [0.05, 0.1) is 11.7 Å². The third kappa shape index (κ3) is 2.35. The third-order valence-corrected chi connectivity index (χ3v) is 9.61. The van der Waals surface area contributed by atoms with Gasteiger partial charge in [-0.2, -0.15) is 0 Å². The second-order valence-electron chi connectivity index (χ2n) is 10.8. The van der Waals surface area contributed by atoms with E-state index in [4.69, 9.17) is 0 Å². The van der Waals surface area contributed by atoms with Crippen molar-refractivity contribution in [1.29, 1.82) is 0 Å². The van der Waals surface area contributed by atoms with E-state index in [1.54, 1.807) is 0 Å². The van der Waals surface area contributed by atoms with Crippen LogP contribution in [0.1, 0.15) is 85.5 Å². The van der Waals surface area contributed by atoms with E-state index >= 15 is 0 Å². The van der Waals surface area contributed by atoms with E-state index < -0.39 is 5.60 Å². The van der Waals surface area contributed by atoms with E-state index in [1.807, 2.05) is 6.92 Å². The Bertz CT molecular complexity index is 498. The van der Waals surface area contributed by atoms with Gasteiger partial charge < -0.3 is 10.2 Å². The molecular formula is C22H38O2. The highest BCUT2D eigenvalue weighted by Gasteiger charge is 2.61. The summed E-state index contributed by atoms with van der Waals surface area (Å²) in [6.45, 7) is 9.14. The number of hydrogen-bond donors (Lipinski definition) is 2. The molecule has 4 rings (SSSR count). The highest BCUT2D eigenvalue weighted by atomic mass is 16.3. The molecule has 0 bridgehead atoms. The maximum atomic E-state index is 10.6. The number of rotatable bonds is 1. The monoisotopic (exact) mass is 334 g/mol. The Morgan fingerprint density at radius 1 is 0.833 bits per heavy atom. The van der Waals surface area contributed by atoms with Crippen LogP contribution in [0.4, 0.5) is 0 Å². The molecule has 0 saturated heterocycles. The zero-order valence-electron chi connectivity index (χ0n) is 16.2. The molecule has 9 atom stereocenters. The molecule has 0 spiro atoms. The lowest BCUT2D eigenvalue weighted by Gasteiger charge is -2.62. The lowest BCUT2D eigenvalue weighted by molar-refractivity contribution is -0.149. The average Bonchev–Trinajstić information content (AvgIpc) is 2.85. The first-order valence-corrected chi connectivity index (χ1v) is 10.6. The summed E-state index contributed by atoms with van der Waals surface area (Å²) >= 11 is 0. The van der Waals surface area contributed by atoms with Gasteiger partial charge in [0.25, 0.3) is 0 Å². The number of fused-ring (bicyclic) bond motifs is 5. The van der Waals surface area contributed by atoms with Crippen molar-refractivity contribution < 1.29 is 10.2 Å². The first-order chi connectivity index (χ1) is 11.2. The molecule has 2 N–H and O–H groups in total. The summed E-state index contributed by atoms with van der Waals surface area (Å²) in [5.74, 6) is 3.80. The molecule has 0 aromatic carbocycles. The number of hydrogen-bond acceptors (Lipinski definition) is 2. The van der Waals surface area contributed by atoms with Gasteiger partial charge >= 0.3 is 0 Å². The van der Waals surface area contributed by atoms with Crippen molar-refractivity contribution in [2.75, 3.05) is 0 Å². The minimum Gasteiger partial charge on any atom is -0.393 e. The largest absolute Gasteiger partial charge is 0.393 e. The highest BCUT2D eigenvalue weighted by molar-refractivity contribution is 5.10. The maximum absolute atomic E-state index is 10.6. The summed E-state index contributed by atoms with van der Waals surface area (Å²) in [4.78, 5) is 0. The Hall–Kier alpha value is -0.0800. The van der Waals surface area contributed by atoms with Gasteiger partial charge in [0, 0.05) is 0 Å². The summed E-state index contributed by atoms with van der Waals surface area (Å²) in [5, 5.41) is 20.9. The first-order valence-electron chi connectivity index (χ1n) is 10.6. The average molecular weight is 335 g/mol. The van der Waals surface area contributed by atoms with Crippen molar-refractivity contribution in [3.05, 3.63) is 0 Å². The van der Waals surface area contributed by atoms with E-state index in [2.05, 4.69) is 20.8 Å². The molecular weight excluding hydrogens is 296 g/mol. The third-order valence-electron chi connectivity index (χ3n) is 9.61. The van der Waals surface area contributed by atoms with Crippen LogP contribution in [0.2, 0.25) is 0 Å². The lowest BCUT2D eigenvalue weighted by Crippen LogP contribution is -2.55. The van der Waals surface area contributed by atoms with Crippen LogP contribution >= 0.6 is 0 Å². The van der Waals surface area contributed by atoms with Gasteiger partial charge in [-0.05, 0) is 112 Å². The van der Waals surface area contributed by atoms with Crippen molar-refractivity contribution in [2.45, 2.75) is 97.2 Å². The smallest absolute Gasteiger partial charge is 0.0622 e. The normalized spacial score (nSPS) is 58.5. The fourth-order valence-corrected chi connectivity index (χ4v) is 8.26. The summed E-state index contributed by atoms with van der Waals surface area (Å²) in [7, 11) is 0. The first kappa shape index (κ1) is 17.3. The molecule has 2 nitrogen and oxygen atoms in total. The van der Waals surface area contributed by atoms with Crippen LogP contribution in [0.25, 0.3) is 0 Å². The predicted octanol–water partition coefficient (Wildman–Crippen LogP) is 4.78. The zero-order valence-corrected chi connectivity index (χ0v) is 16.2. The molecule has 0 amide bonds. The van der Waals surface area contributed by atoms with Crippen molar-refractivity contribution in [3.63, 3.8) is 0 Å². The van der Waals surface area contributed by atoms with Gasteiger partial charge in [-0.1, -0.05) is 13.8 Å². The molecule has 24 heavy (non-hydrogen) atoms. The summed E-state index contributed by atoms with van der Waals surface area (Å²) in [6.07, 6.45) is 11.0. The van der Waals surface area contributed by atoms with Gasteiger partial charge in [0.2, 0.25) is 0 Å². The second-order valence-corrected chi connectivity index (χ2v) is 10.8. The highest BCUT2D eigenvalue weighted by Crippen LogP contribution is 2.68. The van der Waals surface area contributed by atoms with Gasteiger partial charge in [-0.3, -0.25) is 0 Å². The van der Waals surface area contributed by atoms with Gasteiger partial charge in [0.1, 0.15) is 0 Å². The van der Waals surface area contributed by atoms with Crippen molar-refractivity contribution in [3.8, 4) is 0 Å². The van der Waals surface area contributed by atoms with Crippen LogP contribution in [-0.4, -0.2) is 21.9 Å². The predicted molar refractivity (Wildman–Crippen MR) is 97.5 cm³/mol. The molecule has 2 heteroatoms. The minimum atomic E-state index is -0.426. The fourth-order valence-electron chi connectivity index (χ4n) is 8.26. The van der Waals surface area contributed by atoms with E-state index in [1.165, 1.54) is 44.9 Å². The van der Waals surface area contributed by atoms with Crippen molar-refractivity contribution in [2.24, 2.45) is 40.4 Å². The molecule has 4 aliphatic carbocycles. The SMILES string of the molecule is CC(O)[C@H]1CC[C@H]2[C@@H]3CC[C@@H]4C[C@](C)(O)CC[C@]4(C)[C@H]3CC[C@]12C. The van der Waals surface area contributed by atoms with Crippen LogP contribution in [0.5, 0.6) is 0 Å². The van der Waals surface area contributed by atoms with Gasteiger partial charge in [-0.15, -0.1) is 0 Å². The molecule has 0 aliphatic heterocycles. The second kappa shape index (κ2) is 5.46. The summed E-state index contributed by atoms with van der Waals surface area (Å²) in [6, 6.07) is 0. The van der Waals surface area contributed by atoms with Crippen LogP contribution in [-0.2, 0) is 0 Å². The fraction of sp³-hybridized carbons (Fsp3) is 1.00. The minimum absolute atomic E-state index is 0.145. The molecule has 0 radical (unpaired) electrons. The van der Waals surface area contributed by atoms with Crippen molar-refractivity contribution in [1.82, 2.24) is 0 Å². The Morgan fingerprint density at radius 3 is 2.25 bits per heavy atom. The topological polar surface area (TPSA) is 40.5 Å². The molecule has 138 valence electrons. The number of aliphatic hydroxyl groups is 2. The van der Waals surface area contributed by atoms with Crippen LogP contribution in [0.3, 0.4) is 0 Å². The van der Waals surface area contributed by atoms with Crippen LogP contribution < -0.4 is 0 Å². The Kier molecular flexibility index (Phi) is 3.94. The molecule has 4 aliphatic rings. The number of aliphatic hydroxyl groups excluding tert-OH is 1. The maximum Gasteiger partial charge on any atom is 0.0622 e. The lowest BCUT2D eigenvalue weighted by atomic mass is 9.44. The Labute approximate surface area is 148 Å². The Balaban J connectivity index is 1.60. The summed E-state index contributed by atoms with van der Waals surface area (Å²) < 4.78 is 0. The van der Waals surface area contributed by atoms with E-state index in [9.17, 15) is 10.2 Å². The molecule has 1 unspecified atom stereocenters. The zero-order chi connectivity index (χ0) is 17.3. The Morgan fingerprint density at radius 2 is 1.54 bits per heavy atom. The van der Waals surface area contributed by atoms with Gasteiger partial charge in [-0.25, -0.2) is 0 Å². The molecule has 4 saturated carbocycles.